The number of benzene rings is 3. The van der Waals surface area contributed by atoms with E-state index in [4.69, 9.17) is 4.98 Å². The van der Waals surface area contributed by atoms with Crippen molar-refractivity contribution in [2.24, 2.45) is 10.8 Å². The van der Waals surface area contributed by atoms with Gasteiger partial charge in [0.2, 0.25) is 0 Å². The topological polar surface area (TPSA) is 50.2 Å². The number of thiophene rings is 1. The minimum absolute atomic E-state index is 0. The molecule has 265 valence electrons. The number of carbonyl (C=O) groups excluding carboxylic acids is 1. The summed E-state index contributed by atoms with van der Waals surface area (Å²) < 4.78 is 2.62. The first-order valence-corrected chi connectivity index (χ1v) is 22.0. The zero-order valence-electron chi connectivity index (χ0n) is 31.7. The van der Waals surface area contributed by atoms with E-state index >= 15 is 0 Å². The summed E-state index contributed by atoms with van der Waals surface area (Å²) in [4.78, 5) is 17.0. The maximum atomic E-state index is 12.2. The third kappa shape index (κ3) is 8.64. The van der Waals surface area contributed by atoms with Crippen LogP contribution in [0.5, 0.6) is 0 Å². The van der Waals surface area contributed by atoms with E-state index in [2.05, 4.69) is 101 Å². The molecule has 1 radical (unpaired) electrons. The molecule has 0 unspecified atom stereocenters. The zero-order valence-corrected chi connectivity index (χ0v) is 35.9. The number of hydrogen-bond donors (Lipinski definition) is 1. The van der Waals surface area contributed by atoms with Crippen LogP contribution in [0.3, 0.4) is 0 Å². The molecule has 0 amide bonds. The molecule has 0 atom stereocenters. The summed E-state index contributed by atoms with van der Waals surface area (Å²) in [6, 6.07) is 23.8. The molecule has 0 saturated heterocycles. The van der Waals surface area contributed by atoms with E-state index in [1.165, 1.54) is 42.4 Å². The number of fused-ring (bicyclic) bond motifs is 4. The third-order valence-corrected chi connectivity index (χ3v) is 13.9. The van der Waals surface area contributed by atoms with Gasteiger partial charge in [0.1, 0.15) is 5.76 Å². The van der Waals surface area contributed by atoms with Crippen molar-refractivity contribution >= 4 is 61.3 Å². The van der Waals surface area contributed by atoms with E-state index in [1.54, 1.807) is 0 Å². The molecule has 0 aliphatic rings. The second-order valence-corrected chi connectivity index (χ2v) is 22.1. The van der Waals surface area contributed by atoms with Crippen molar-refractivity contribution in [1.82, 2.24) is 4.98 Å². The Kier molecular flexibility index (Phi) is 13.1. The van der Waals surface area contributed by atoms with E-state index < -0.39 is 8.07 Å². The monoisotopic (exact) mass is 871 g/mol. The standard InChI is InChI=1S/C28H28NSSi.C15H28O2.Ir/c1-28(2,3)24-16-19(15-18-9-7-8-10-21(18)24)26-27-23(13-14-29-26)22-12-11-20(31(4,5)6)17-25(22)30-27;1-7-14(5,8-2)12(16)11-13(17)15(6,9-3)10-4;/h7-14,16-17H,1-6H3;11,16H,7-10H2,1-6H3;/q-1;;/b;12-11-;. The van der Waals surface area contributed by atoms with Crippen molar-refractivity contribution in [3.8, 4) is 11.3 Å². The number of carbonyl (C=O) groups is 1. The zero-order chi connectivity index (χ0) is 35.7. The summed E-state index contributed by atoms with van der Waals surface area (Å²) in [7, 11) is -1.35. The Bertz CT molecular complexity index is 1950. The van der Waals surface area contributed by atoms with Gasteiger partial charge in [-0.25, -0.2) is 0 Å². The van der Waals surface area contributed by atoms with E-state index in [0.29, 0.717) is 0 Å². The second kappa shape index (κ2) is 15.7. The van der Waals surface area contributed by atoms with Gasteiger partial charge in [0.05, 0.1) is 8.07 Å². The van der Waals surface area contributed by atoms with Crippen LogP contribution in [0.4, 0.5) is 0 Å². The van der Waals surface area contributed by atoms with Crippen LogP contribution in [0.1, 0.15) is 93.6 Å². The average Bonchev–Trinajstić information content (AvgIpc) is 3.44. The summed E-state index contributed by atoms with van der Waals surface area (Å²) >= 11 is 1.87. The molecule has 0 saturated carbocycles. The molecular formula is C43H56IrNO2SSi-. The first-order valence-electron chi connectivity index (χ1n) is 17.7. The van der Waals surface area contributed by atoms with Crippen molar-refractivity contribution in [3.63, 3.8) is 0 Å². The number of rotatable bonds is 9. The average molecular weight is 871 g/mol. The summed E-state index contributed by atoms with van der Waals surface area (Å²) in [5.74, 6) is 0.286. The largest absolute Gasteiger partial charge is 0.512 e. The maximum absolute atomic E-state index is 12.2. The molecule has 0 bridgehead atoms. The van der Waals surface area contributed by atoms with Crippen LogP contribution >= 0.6 is 11.3 Å². The molecule has 2 heterocycles. The minimum atomic E-state index is -1.35. The number of aliphatic hydroxyl groups excluding tert-OH is 1. The molecule has 1 N–H and O–H groups in total. The van der Waals surface area contributed by atoms with Gasteiger partial charge in [-0.3, -0.25) is 9.78 Å². The molecule has 5 aromatic rings. The molecular weight excluding hydrogens is 815 g/mol. The first-order chi connectivity index (χ1) is 22.4. The Labute approximate surface area is 314 Å². The fraction of sp³-hybridized carbons (Fsp3) is 0.442. The fourth-order valence-electron chi connectivity index (χ4n) is 6.02. The SMILES string of the molecule is CC(C)(C)c1cc(-c2nccc3c2sc2cc([Si](C)(C)C)ccc23)[c-]c2ccccc12.CCC(C)(CC)C(=O)/C=C(\O)C(C)(CC)CC.[Ir]. The fourth-order valence-corrected chi connectivity index (χ4v) is 8.53. The van der Waals surface area contributed by atoms with Gasteiger partial charge < -0.3 is 5.11 Å². The Morgan fingerprint density at radius 1 is 0.837 bits per heavy atom. The summed E-state index contributed by atoms with van der Waals surface area (Å²) in [6.45, 7) is 26.2. The number of pyridine rings is 1. The number of ketones is 1. The van der Waals surface area contributed by atoms with E-state index in [1.807, 2.05) is 59.1 Å². The van der Waals surface area contributed by atoms with Gasteiger partial charge in [0, 0.05) is 58.3 Å². The van der Waals surface area contributed by atoms with Crippen LogP contribution in [-0.2, 0) is 30.3 Å². The van der Waals surface area contributed by atoms with E-state index in [9.17, 15) is 9.90 Å². The van der Waals surface area contributed by atoms with Crippen molar-refractivity contribution in [1.29, 1.82) is 0 Å². The van der Waals surface area contributed by atoms with Gasteiger partial charge in [-0.15, -0.1) is 40.5 Å². The predicted molar refractivity (Wildman–Crippen MR) is 214 cm³/mol. The molecule has 0 spiro atoms. The number of aliphatic hydroxyl groups is 1. The Hall–Kier alpha value is -2.63. The molecule has 5 rings (SSSR count). The van der Waals surface area contributed by atoms with Gasteiger partial charge in [-0.2, -0.15) is 0 Å². The van der Waals surface area contributed by atoms with Gasteiger partial charge in [0.15, 0.2) is 5.78 Å². The molecule has 0 fully saturated rings. The Balaban J connectivity index is 0.000000312. The van der Waals surface area contributed by atoms with Crippen LogP contribution in [0.15, 0.2) is 72.6 Å². The number of allylic oxidation sites excluding steroid dienone is 2. The van der Waals surface area contributed by atoms with Gasteiger partial charge in [0.25, 0.3) is 0 Å². The maximum Gasteiger partial charge on any atom is 0.164 e. The van der Waals surface area contributed by atoms with E-state index in [-0.39, 0.29) is 47.9 Å². The van der Waals surface area contributed by atoms with E-state index in [0.717, 1.165) is 42.3 Å². The van der Waals surface area contributed by atoms with Crippen molar-refractivity contribution in [3.05, 3.63) is 84.3 Å². The number of hydrogen-bond acceptors (Lipinski definition) is 4. The van der Waals surface area contributed by atoms with Crippen molar-refractivity contribution < 1.29 is 30.0 Å². The van der Waals surface area contributed by atoms with Crippen molar-refractivity contribution in [2.75, 3.05) is 0 Å². The molecule has 0 aliphatic heterocycles. The summed E-state index contributed by atoms with van der Waals surface area (Å²) in [6.07, 6.45) is 6.71. The number of aromatic nitrogens is 1. The van der Waals surface area contributed by atoms with Gasteiger partial charge in [-0.05, 0) is 54.0 Å². The molecule has 0 aliphatic carbocycles. The second-order valence-electron chi connectivity index (χ2n) is 15.9. The summed E-state index contributed by atoms with van der Waals surface area (Å²) in [5, 5.41) is 16.7. The molecule has 2 aromatic heterocycles. The molecule has 6 heteroatoms. The minimum Gasteiger partial charge on any atom is -0.512 e. The smallest absolute Gasteiger partial charge is 0.164 e. The number of nitrogens with zero attached hydrogens (tertiary/aromatic N) is 1. The van der Waals surface area contributed by atoms with Crippen LogP contribution in [0.2, 0.25) is 19.6 Å². The van der Waals surface area contributed by atoms with Crippen molar-refractivity contribution in [2.45, 2.75) is 113 Å². The summed E-state index contributed by atoms with van der Waals surface area (Å²) in [5.41, 5.74) is 2.92. The first kappa shape index (κ1) is 40.8. The Morgan fingerprint density at radius 2 is 1.45 bits per heavy atom. The van der Waals surface area contributed by atoms with Crippen LogP contribution in [0.25, 0.3) is 42.2 Å². The molecule has 49 heavy (non-hydrogen) atoms. The van der Waals surface area contributed by atoms with Crippen LogP contribution < -0.4 is 5.19 Å². The quantitative estimate of drug-likeness (QED) is 0.0695. The predicted octanol–water partition coefficient (Wildman–Crippen LogP) is 12.6. The van der Waals surface area contributed by atoms with Crippen LogP contribution in [0, 0.1) is 16.9 Å². The molecule has 3 nitrogen and oxygen atoms in total. The van der Waals surface area contributed by atoms with Gasteiger partial charge in [-0.1, -0.05) is 128 Å². The van der Waals surface area contributed by atoms with Crippen LogP contribution in [-0.4, -0.2) is 23.9 Å². The molecule has 3 aromatic carbocycles. The normalized spacial score (nSPS) is 12.9. The Morgan fingerprint density at radius 3 is 2.02 bits per heavy atom. The van der Waals surface area contributed by atoms with Gasteiger partial charge >= 0.3 is 0 Å². The third-order valence-electron chi connectivity index (χ3n) is 10.7.